The monoisotopic (exact) mass is 645 g/mol. The fraction of sp³-hybridized carbons (Fsp3) is 0.600. The summed E-state index contributed by atoms with van der Waals surface area (Å²) in [6, 6.07) is 3.64. The van der Waals surface area contributed by atoms with Crippen LogP contribution in [0.3, 0.4) is 0 Å². The molecule has 43 heavy (non-hydrogen) atoms. The number of hydrogen-bond acceptors (Lipinski definition) is 5. The van der Waals surface area contributed by atoms with Crippen LogP contribution in [0.15, 0.2) is 24.4 Å². The van der Waals surface area contributed by atoms with Gasteiger partial charge in [-0.1, -0.05) is 29.3 Å². The normalized spacial score (nSPS) is 23.9. The van der Waals surface area contributed by atoms with Gasteiger partial charge in [0.1, 0.15) is 5.67 Å². The van der Waals surface area contributed by atoms with Gasteiger partial charge in [-0.3, -0.25) is 19.1 Å². The van der Waals surface area contributed by atoms with Crippen molar-refractivity contribution in [1.82, 2.24) is 14.7 Å². The van der Waals surface area contributed by atoms with Crippen LogP contribution in [-0.2, 0) is 15.7 Å². The maximum absolute atomic E-state index is 15.8. The van der Waals surface area contributed by atoms with Crippen molar-refractivity contribution in [3.05, 3.63) is 51.3 Å². The molecule has 234 valence electrons. The zero-order chi connectivity index (χ0) is 31.4. The minimum atomic E-state index is -4.98. The molecule has 0 aliphatic heterocycles. The van der Waals surface area contributed by atoms with Gasteiger partial charge in [0.05, 0.1) is 58.5 Å². The predicted molar refractivity (Wildman–Crippen MR) is 151 cm³/mol. The summed E-state index contributed by atoms with van der Waals surface area (Å²) in [7, 11) is 0. The third-order valence-electron chi connectivity index (χ3n) is 9.15. The SMILES string of the molecule is CCOC(=O)[C@]1(C)CC[C@@H](n2ncc(C(=O)N(CC(=O)c3c(Cl)cccc3Cl)CC3(F)CC4(CC4)C3)c2C(F)(F)F)CC1. The van der Waals surface area contributed by atoms with Gasteiger partial charge in [0, 0.05) is 0 Å². The molecule has 1 aromatic heterocycles. The number of alkyl halides is 4. The maximum Gasteiger partial charge on any atom is 0.433 e. The Hall–Kier alpha value is -2.66. The van der Waals surface area contributed by atoms with E-state index < -0.39 is 65.3 Å². The highest BCUT2D eigenvalue weighted by Gasteiger charge is 2.62. The first kappa shape index (κ1) is 31.8. The molecule has 13 heteroatoms. The molecule has 5 rings (SSSR count). The van der Waals surface area contributed by atoms with E-state index in [4.69, 9.17) is 27.9 Å². The van der Waals surface area contributed by atoms with Gasteiger partial charge in [0.15, 0.2) is 11.5 Å². The summed E-state index contributed by atoms with van der Waals surface area (Å²) < 4.78 is 65.4. The van der Waals surface area contributed by atoms with Gasteiger partial charge in [0.2, 0.25) is 0 Å². The third kappa shape index (κ3) is 6.30. The van der Waals surface area contributed by atoms with Crippen molar-refractivity contribution >= 4 is 40.9 Å². The highest BCUT2D eigenvalue weighted by atomic mass is 35.5. The number of nitrogens with zero attached hydrogens (tertiary/aromatic N) is 3. The van der Waals surface area contributed by atoms with Crippen molar-refractivity contribution < 1.29 is 36.7 Å². The summed E-state index contributed by atoms with van der Waals surface area (Å²) in [5, 5.41) is 4.00. The topological polar surface area (TPSA) is 81.5 Å². The van der Waals surface area contributed by atoms with Crippen LogP contribution in [0.5, 0.6) is 0 Å². The second-order valence-corrected chi connectivity index (χ2v) is 13.4. The Kier molecular flexibility index (Phi) is 8.39. The Balaban J connectivity index is 1.44. The molecule has 3 aliphatic carbocycles. The summed E-state index contributed by atoms with van der Waals surface area (Å²) in [6.45, 7) is 2.34. The van der Waals surface area contributed by atoms with E-state index in [0.29, 0.717) is 0 Å². The van der Waals surface area contributed by atoms with Crippen molar-refractivity contribution in [3.63, 3.8) is 0 Å². The first-order valence-corrected chi connectivity index (χ1v) is 15.1. The number of Topliss-reactive ketones (excluding diaryl/α,β-unsaturated/α-hetero) is 1. The van der Waals surface area contributed by atoms with Crippen LogP contribution in [0.4, 0.5) is 17.6 Å². The largest absolute Gasteiger partial charge is 0.466 e. The Morgan fingerprint density at radius 1 is 1.09 bits per heavy atom. The lowest BCUT2D eigenvalue weighted by Gasteiger charge is -2.44. The van der Waals surface area contributed by atoms with Crippen molar-refractivity contribution in [2.24, 2.45) is 10.8 Å². The Morgan fingerprint density at radius 3 is 2.23 bits per heavy atom. The quantitative estimate of drug-likeness (QED) is 0.160. The molecule has 3 fully saturated rings. The highest BCUT2D eigenvalue weighted by Crippen LogP contribution is 2.66. The van der Waals surface area contributed by atoms with Gasteiger partial charge in [-0.15, -0.1) is 0 Å². The number of halogens is 6. The van der Waals surface area contributed by atoms with E-state index in [1.165, 1.54) is 18.2 Å². The highest BCUT2D eigenvalue weighted by molar-refractivity contribution is 6.40. The Morgan fingerprint density at radius 2 is 1.70 bits per heavy atom. The van der Waals surface area contributed by atoms with Gasteiger partial charge in [-0.05, 0) is 82.8 Å². The molecule has 2 aromatic rings. The number of hydrogen-bond donors (Lipinski definition) is 0. The second kappa shape index (κ2) is 11.4. The fourth-order valence-electron chi connectivity index (χ4n) is 6.73. The number of amides is 1. The molecular formula is C30H33Cl2F4N3O4. The first-order chi connectivity index (χ1) is 20.1. The van der Waals surface area contributed by atoms with E-state index >= 15 is 4.39 Å². The standard InChI is InChI=1S/C30H33Cl2F4N3O4/c1-3-43-26(42)27(2)9-7-18(8-10-27)39-24(30(34,35)36)19(13-37-39)25(41)38(17-29(33)15-28(16-29)11-12-28)14-22(40)23-20(31)5-4-6-21(23)32/h4-6,13,18H,3,7-12,14-17H2,1-2H3/t18-,27-. The number of aromatic nitrogens is 2. The minimum absolute atomic E-state index is 0.0105. The summed E-state index contributed by atoms with van der Waals surface area (Å²) in [4.78, 5) is 40.4. The lowest BCUT2D eigenvalue weighted by Crippen LogP contribution is -2.52. The predicted octanol–water partition coefficient (Wildman–Crippen LogP) is 7.50. The number of ether oxygens (including phenoxy) is 1. The minimum Gasteiger partial charge on any atom is -0.466 e. The number of carbonyl (C=O) groups excluding carboxylic acids is 3. The van der Waals surface area contributed by atoms with E-state index in [0.717, 1.165) is 28.6 Å². The molecule has 0 saturated heterocycles. The average molecular weight is 647 g/mol. The van der Waals surface area contributed by atoms with Gasteiger partial charge < -0.3 is 9.64 Å². The van der Waals surface area contributed by atoms with Crippen LogP contribution in [0.25, 0.3) is 0 Å². The number of carbonyl (C=O) groups is 3. The number of rotatable bonds is 9. The van der Waals surface area contributed by atoms with Crippen molar-refractivity contribution in [2.75, 3.05) is 19.7 Å². The molecule has 0 unspecified atom stereocenters. The van der Waals surface area contributed by atoms with Crippen molar-refractivity contribution in [3.8, 4) is 0 Å². The van der Waals surface area contributed by atoms with Gasteiger partial charge in [0.25, 0.3) is 5.91 Å². The first-order valence-electron chi connectivity index (χ1n) is 14.4. The van der Waals surface area contributed by atoms with Crippen LogP contribution < -0.4 is 0 Å². The second-order valence-electron chi connectivity index (χ2n) is 12.5. The zero-order valence-corrected chi connectivity index (χ0v) is 25.4. The molecule has 7 nitrogen and oxygen atoms in total. The molecule has 1 amide bonds. The van der Waals surface area contributed by atoms with E-state index in [1.54, 1.807) is 13.8 Å². The van der Waals surface area contributed by atoms with E-state index in [2.05, 4.69) is 5.10 Å². The maximum atomic E-state index is 15.8. The molecule has 0 bridgehead atoms. The van der Waals surface area contributed by atoms with E-state index in [9.17, 15) is 27.6 Å². The lowest BCUT2D eigenvalue weighted by atomic mass is 9.69. The molecule has 1 heterocycles. The van der Waals surface area contributed by atoms with Crippen molar-refractivity contribution in [2.45, 2.75) is 83.1 Å². The summed E-state index contributed by atoms with van der Waals surface area (Å²) in [5.74, 6) is -2.28. The van der Waals surface area contributed by atoms with Crippen LogP contribution in [0, 0.1) is 10.8 Å². The smallest absolute Gasteiger partial charge is 0.433 e. The number of benzene rings is 1. The Labute approximate surface area is 256 Å². The summed E-state index contributed by atoms with van der Waals surface area (Å²) in [5.41, 5.74) is -4.90. The van der Waals surface area contributed by atoms with Crippen LogP contribution in [-0.4, -0.2) is 57.7 Å². The molecule has 0 N–H and O–H groups in total. The molecule has 3 aliphatic rings. The molecule has 0 radical (unpaired) electrons. The molecule has 1 spiro atoms. The Bertz CT molecular complexity index is 1400. The van der Waals surface area contributed by atoms with Gasteiger partial charge >= 0.3 is 12.1 Å². The third-order valence-corrected chi connectivity index (χ3v) is 9.78. The molecular weight excluding hydrogens is 613 g/mol. The molecule has 3 saturated carbocycles. The van der Waals surface area contributed by atoms with Crippen LogP contribution >= 0.6 is 23.2 Å². The lowest BCUT2D eigenvalue weighted by molar-refractivity contribution is -0.157. The number of ketones is 1. The fourth-order valence-corrected chi connectivity index (χ4v) is 7.34. The zero-order valence-electron chi connectivity index (χ0n) is 23.9. The van der Waals surface area contributed by atoms with Gasteiger partial charge in [-0.2, -0.15) is 18.3 Å². The van der Waals surface area contributed by atoms with Crippen LogP contribution in [0.2, 0.25) is 10.0 Å². The number of esters is 1. The van der Waals surface area contributed by atoms with Gasteiger partial charge in [-0.25, -0.2) is 4.39 Å². The molecule has 0 atom stereocenters. The van der Waals surface area contributed by atoms with Crippen LogP contribution in [0.1, 0.15) is 97.7 Å². The summed E-state index contributed by atoms with van der Waals surface area (Å²) >= 11 is 12.4. The van der Waals surface area contributed by atoms with E-state index in [1.807, 2.05) is 0 Å². The average Bonchev–Trinajstić information content (AvgIpc) is 3.53. The summed E-state index contributed by atoms with van der Waals surface area (Å²) in [6.07, 6.45) is -1.09. The van der Waals surface area contributed by atoms with Crippen molar-refractivity contribution in [1.29, 1.82) is 0 Å². The van der Waals surface area contributed by atoms with E-state index in [-0.39, 0.29) is 66.2 Å². The molecule has 1 aromatic carbocycles.